The van der Waals surface area contributed by atoms with Crippen molar-refractivity contribution in [1.82, 2.24) is 15.3 Å². The third kappa shape index (κ3) is 5.63. The van der Waals surface area contributed by atoms with Gasteiger partial charge in [-0.25, -0.2) is 4.98 Å². The molecule has 1 heterocycles. The van der Waals surface area contributed by atoms with E-state index in [1.165, 1.54) is 6.20 Å². The van der Waals surface area contributed by atoms with E-state index in [0.717, 1.165) is 36.2 Å². The number of amides is 2. The molecule has 3 aromatic rings. The fourth-order valence-electron chi connectivity index (χ4n) is 3.37. The molecule has 9 heteroatoms. The maximum Gasteiger partial charge on any atom is 0.251 e. The average molecular weight is 480 g/mol. The van der Waals surface area contributed by atoms with Crippen molar-refractivity contribution in [3.8, 4) is 11.6 Å². The molecule has 1 aliphatic carbocycles. The summed E-state index contributed by atoms with van der Waals surface area (Å²) >= 11 is 6.25. The van der Waals surface area contributed by atoms with Gasteiger partial charge in [-0.3, -0.25) is 9.59 Å². The lowest BCUT2D eigenvalue weighted by atomic mass is 10.00. The molecule has 4 rings (SSSR count). The van der Waals surface area contributed by atoms with Gasteiger partial charge >= 0.3 is 0 Å². The van der Waals surface area contributed by atoms with Gasteiger partial charge in [0, 0.05) is 30.0 Å². The minimum absolute atomic E-state index is 0.0910. The van der Waals surface area contributed by atoms with Gasteiger partial charge in [0.25, 0.3) is 5.91 Å². The maximum atomic E-state index is 12.2. The van der Waals surface area contributed by atoms with Gasteiger partial charge in [-0.15, -0.1) is 0 Å². The first-order chi connectivity index (χ1) is 16.3. The number of nitrogens with one attached hydrogen (secondary N) is 2. The molecule has 2 aromatic carbocycles. The van der Waals surface area contributed by atoms with Gasteiger partial charge in [-0.1, -0.05) is 25.4 Å². The maximum absolute atomic E-state index is 12.2. The molecule has 0 bridgehead atoms. The van der Waals surface area contributed by atoms with Gasteiger partial charge in [-0.05, 0) is 66.8 Å². The van der Waals surface area contributed by atoms with Crippen molar-refractivity contribution in [3.63, 3.8) is 0 Å². The average Bonchev–Trinajstić information content (AvgIpc) is 3.65. The number of ether oxygens (including phenoxy) is 1. The number of benzene rings is 2. The topological polar surface area (TPSA) is 96.5 Å². The minimum Gasteiger partial charge on any atom is -0.437 e. The molecule has 0 radical (unpaired) electrons. The second kappa shape index (κ2) is 10.1. The monoisotopic (exact) mass is 479 g/mol. The quantitative estimate of drug-likeness (QED) is 0.405. The molecule has 0 unspecified atom stereocenters. The highest BCUT2D eigenvalue weighted by atomic mass is 35.5. The molecular weight excluding hydrogens is 454 g/mol. The summed E-state index contributed by atoms with van der Waals surface area (Å²) in [5, 5.41) is 6.37. The number of nitrogens with zero attached hydrogens (tertiary/aromatic N) is 3. The van der Waals surface area contributed by atoms with Crippen LogP contribution in [0.1, 0.15) is 48.5 Å². The Balaban J connectivity index is 1.49. The van der Waals surface area contributed by atoms with E-state index in [0.29, 0.717) is 23.3 Å². The van der Waals surface area contributed by atoms with Gasteiger partial charge < -0.3 is 20.3 Å². The fraction of sp³-hybridized carbons (Fsp3) is 0.280. The van der Waals surface area contributed by atoms with Gasteiger partial charge in [0.2, 0.25) is 18.2 Å². The molecule has 2 amide bonds. The van der Waals surface area contributed by atoms with Crippen LogP contribution in [0.5, 0.6) is 11.6 Å². The van der Waals surface area contributed by atoms with Crippen molar-refractivity contribution in [2.75, 3.05) is 17.3 Å². The van der Waals surface area contributed by atoms with Crippen LogP contribution in [-0.4, -0.2) is 35.4 Å². The summed E-state index contributed by atoms with van der Waals surface area (Å²) in [5.74, 6) is 1.12. The van der Waals surface area contributed by atoms with E-state index in [4.69, 9.17) is 16.3 Å². The number of aromatic nitrogens is 2. The predicted molar refractivity (Wildman–Crippen MR) is 132 cm³/mol. The fourth-order valence-corrected chi connectivity index (χ4v) is 3.50. The molecular formula is C25H26ClN5O3. The highest BCUT2D eigenvalue weighted by Crippen LogP contribution is 2.32. The van der Waals surface area contributed by atoms with Crippen molar-refractivity contribution in [1.29, 1.82) is 0 Å². The van der Waals surface area contributed by atoms with E-state index in [1.54, 1.807) is 36.2 Å². The van der Waals surface area contributed by atoms with Gasteiger partial charge in [0.05, 0.1) is 6.20 Å². The largest absolute Gasteiger partial charge is 0.437 e. The standard InChI is InChI=1S/C25H26ClN5O3/c1-15(2)20-12-18(8-11-22(20)31(3)14-32)29-25-27-13-21(26)24(30-25)34-19-9-4-16(5-10-19)23(33)28-17-6-7-17/h4-5,8-15,17H,6-7H2,1-3H3,(H,28,33)(H,27,29,30). The van der Waals surface area contributed by atoms with Crippen LogP contribution in [-0.2, 0) is 4.79 Å². The second-order valence-corrected chi connectivity index (χ2v) is 8.90. The molecule has 2 N–H and O–H groups in total. The SMILES string of the molecule is CC(C)c1cc(Nc2ncc(Cl)c(Oc3ccc(C(=O)NC4CC4)cc3)n2)ccc1N(C)C=O. The third-order valence-corrected chi connectivity index (χ3v) is 5.66. The van der Waals surface area contributed by atoms with Gasteiger partial charge in [-0.2, -0.15) is 4.98 Å². The van der Waals surface area contributed by atoms with Crippen LogP contribution < -0.4 is 20.3 Å². The third-order valence-electron chi connectivity index (χ3n) is 5.40. The Morgan fingerprint density at radius 1 is 1.21 bits per heavy atom. The molecule has 8 nitrogen and oxygen atoms in total. The lowest BCUT2D eigenvalue weighted by molar-refractivity contribution is -0.107. The first kappa shape index (κ1) is 23.5. The smallest absolute Gasteiger partial charge is 0.251 e. The summed E-state index contributed by atoms with van der Waals surface area (Å²) in [6.45, 7) is 4.12. The summed E-state index contributed by atoms with van der Waals surface area (Å²) < 4.78 is 5.84. The molecule has 0 spiro atoms. The molecule has 0 saturated heterocycles. The van der Waals surface area contributed by atoms with Crippen molar-refractivity contribution in [3.05, 3.63) is 64.8 Å². The zero-order chi connectivity index (χ0) is 24.2. The Morgan fingerprint density at radius 2 is 1.94 bits per heavy atom. The molecule has 0 atom stereocenters. The summed E-state index contributed by atoms with van der Waals surface area (Å²) in [4.78, 5) is 33.6. The molecule has 1 aliphatic rings. The number of carbonyl (C=O) groups is 2. The van der Waals surface area contributed by atoms with Crippen LogP contribution in [0.3, 0.4) is 0 Å². The molecule has 0 aliphatic heterocycles. The molecule has 1 aromatic heterocycles. The van der Waals surface area contributed by atoms with Crippen molar-refractivity contribution < 1.29 is 14.3 Å². The van der Waals surface area contributed by atoms with E-state index in [-0.39, 0.29) is 22.7 Å². The van der Waals surface area contributed by atoms with Crippen LogP contribution in [0.15, 0.2) is 48.7 Å². The van der Waals surface area contributed by atoms with Crippen molar-refractivity contribution >= 4 is 41.2 Å². The van der Waals surface area contributed by atoms with E-state index in [9.17, 15) is 9.59 Å². The Kier molecular flexibility index (Phi) is 6.98. The van der Waals surface area contributed by atoms with Gasteiger partial charge in [0.1, 0.15) is 10.8 Å². The lowest BCUT2D eigenvalue weighted by Crippen LogP contribution is -2.25. The first-order valence-electron chi connectivity index (χ1n) is 11.0. The Morgan fingerprint density at radius 3 is 2.59 bits per heavy atom. The number of anilines is 3. The molecule has 34 heavy (non-hydrogen) atoms. The van der Waals surface area contributed by atoms with E-state index in [1.807, 2.05) is 18.2 Å². The van der Waals surface area contributed by atoms with E-state index >= 15 is 0 Å². The zero-order valence-corrected chi connectivity index (χ0v) is 20.0. The van der Waals surface area contributed by atoms with E-state index in [2.05, 4.69) is 34.4 Å². The zero-order valence-electron chi connectivity index (χ0n) is 19.2. The summed E-state index contributed by atoms with van der Waals surface area (Å²) in [6, 6.07) is 12.8. The number of hydrogen-bond donors (Lipinski definition) is 2. The van der Waals surface area contributed by atoms with Crippen LogP contribution in [0, 0.1) is 0 Å². The van der Waals surface area contributed by atoms with Crippen LogP contribution >= 0.6 is 11.6 Å². The lowest BCUT2D eigenvalue weighted by Gasteiger charge is -2.20. The normalized spacial score (nSPS) is 12.9. The van der Waals surface area contributed by atoms with Crippen molar-refractivity contribution in [2.45, 2.75) is 38.6 Å². The van der Waals surface area contributed by atoms with Crippen LogP contribution in [0.2, 0.25) is 5.02 Å². The Labute approximate surface area is 203 Å². The summed E-state index contributed by atoms with van der Waals surface area (Å²) in [7, 11) is 1.72. The molecule has 1 saturated carbocycles. The summed E-state index contributed by atoms with van der Waals surface area (Å²) in [5.41, 5.74) is 3.19. The highest BCUT2D eigenvalue weighted by molar-refractivity contribution is 6.31. The highest BCUT2D eigenvalue weighted by Gasteiger charge is 2.23. The minimum atomic E-state index is -0.0910. The molecule has 1 fully saturated rings. The van der Waals surface area contributed by atoms with E-state index < -0.39 is 0 Å². The second-order valence-electron chi connectivity index (χ2n) is 8.49. The van der Waals surface area contributed by atoms with Gasteiger partial charge in [0.15, 0.2) is 0 Å². The van der Waals surface area contributed by atoms with Crippen LogP contribution in [0.4, 0.5) is 17.3 Å². The predicted octanol–water partition coefficient (Wildman–Crippen LogP) is 5.27. The van der Waals surface area contributed by atoms with Crippen LogP contribution in [0.25, 0.3) is 0 Å². The van der Waals surface area contributed by atoms with Crippen molar-refractivity contribution in [2.24, 2.45) is 0 Å². The Bertz CT molecular complexity index is 1200. The Hall–Kier alpha value is -3.65. The number of rotatable bonds is 9. The number of hydrogen-bond acceptors (Lipinski definition) is 6. The summed E-state index contributed by atoms with van der Waals surface area (Å²) in [6.07, 6.45) is 4.32. The first-order valence-corrected chi connectivity index (χ1v) is 11.4. The molecule has 176 valence electrons. The number of halogens is 1. The number of carbonyl (C=O) groups excluding carboxylic acids is 2.